The first kappa shape index (κ1) is 14.8. The van der Waals surface area contributed by atoms with Crippen LogP contribution in [0.3, 0.4) is 0 Å². The van der Waals surface area contributed by atoms with E-state index in [-0.39, 0.29) is 10.8 Å². The Hall–Kier alpha value is -2.60. The van der Waals surface area contributed by atoms with Gasteiger partial charge in [0.05, 0.1) is 11.2 Å². The van der Waals surface area contributed by atoms with Gasteiger partial charge in [0, 0.05) is 11.3 Å². The van der Waals surface area contributed by atoms with E-state index in [1.165, 1.54) is 24.4 Å². The van der Waals surface area contributed by atoms with Crippen LogP contribution >= 0.6 is 11.6 Å². The zero-order valence-corrected chi connectivity index (χ0v) is 11.4. The van der Waals surface area contributed by atoms with Crippen LogP contribution in [-0.4, -0.2) is 17.4 Å². The summed E-state index contributed by atoms with van der Waals surface area (Å²) in [6.45, 7) is 0. The number of carbonyl (C=O) groups is 1. The van der Waals surface area contributed by atoms with Crippen molar-refractivity contribution >= 4 is 29.5 Å². The van der Waals surface area contributed by atoms with E-state index in [0.29, 0.717) is 11.3 Å². The second kappa shape index (κ2) is 6.71. The van der Waals surface area contributed by atoms with Crippen molar-refractivity contribution in [2.75, 3.05) is 5.32 Å². The molecular formula is C14H11ClFN3O2. The molecule has 0 radical (unpaired) electrons. The maximum atomic E-state index is 13.0. The number of aromatic hydroxyl groups is 1. The lowest BCUT2D eigenvalue weighted by atomic mass is 10.2. The Morgan fingerprint density at radius 3 is 2.76 bits per heavy atom. The summed E-state index contributed by atoms with van der Waals surface area (Å²) in [7, 11) is 0. The predicted molar refractivity (Wildman–Crippen MR) is 79.3 cm³/mol. The van der Waals surface area contributed by atoms with Gasteiger partial charge in [-0.2, -0.15) is 5.10 Å². The van der Waals surface area contributed by atoms with E-state index in [1.807, 2.05) is 0 Å². The van der Waals surface area contributed by atoms with Crippen LogP contribution in [0.15, 0.2) is 47.6 Å². The Bertz CT molecular complexity index is 692. The molecule has 0 aliphatic carbocycles. The average molecular weight is 308 g/mol. The highest BCUT2D eigenvalue weighted by Gasteiger charge is 2.04. The van der Waals surface area contributed by atoms with Gasteiger partial charge in [0.15, 0.2) is 0 Å². The quantitative estimate of drug-likeness (QED) is 0.601. The predicted octanol–water partition coefficient (Wildman–Crippen LogP) is 3.34. The fraction of sp³-hybridized carbons (Fsp3) is 0. The molecule has 0 atom stereocenters. The normalized spacial score (nSPS) is 10.6. The number of hydrazone groups is 1. The van der Waals surface area contributed by atoms with Gasteiger partial charge in [-0.3, -0.25) is 0 Å². The molecule has 2 amide bonds. The molecule has 0 fully saturated rings. The number of rotatable bonds is 3. The lowest BCUT2D eigenvalue weighted by Gasteiger charge is -2.05. The van der Waals surface area contributed by atoms with Gasteiger partial charge in [-0.15, -0.1) is 0 Å². The maximum absolute atomic E-state index is 13.0. The van der Waals surface area contributed by atoms with E-state index in [2.05, 4.69) is 15.8 Å². The number of carbonyl (C=O) groups excluding carboxylic acids is 1. The van der Waals surface area contributed by atoms with Crippen molar-refractivity contribution in [3.8, 4) is 5.75 Å². The Morgan fingerprint density at radius 1 is 1.29 bits per heavy atom. The molecule has 0 aliphatic rings. The minimum absolute atomic E-state index is 0.0498. The van der Waals surface area contributed by atoms with E-state index in [0.717, 1.165) is 6.07 Å². The summed E-state index contributed by atoms with van der Waals surface area (Å²) in [4.78, 5) is 11.5. The van der Waals surface area contributed by atoms with E-state index in [4.69, 9.17) is 11.6 Å². The minimum atomic E-state index is -0.621. The highest BCUT2D eigenvalue weighted by Crippen LogP contribution is 2.19. The van der Waals surface area contributed by atoms with Gasteiger partial charge in [0.2, 0.25) is 0 Å². The van der Waals surface area contributed by atoms with E-state index in [9.17, 15) is 14.3 Å². The SMILES string of the molecule is O=C(N/N=C/c1ccccc1O)Nc1ccc(F)c(Cl)c1. The van der Waals surface area contributed by atoms with Gasteiger partial charge in [0.25, 0.3) is 0 Å². The third-order valence-electron chi connectivity index (χ3n) is 2.48. The first-order valence-corrected chi connectivity index (χ1v) is 6.27. The van der Waals surface area contributed by atoms with Crippen LogP contribution in [0.1, 0.15) is 5.56 Å². The van der Waals surface area contributed by atoms with Gasteiger partial charge in [-0.1, -0.05) is 23.7 Å². The van der Waals surface area contributed by atoms with Crippen LogP contribution in [-0.2, 0) is 0 Å². The molecule has 0 unspecified atom stereocenters. The van der Waals surface area contributed by atoms with Gasteiger partial charge < -0.3 is 10.4 Å². The molecule has 2 aromatic carbocycles. The summed E-state index contributed by atoms with van der Waals surface area (Å²) in [5.74, 6) is -0.519. The Morgan fingerprint density at radius 2 is 2.05 bits per heavy atom. The number of nitrogens with zero attached hydrogens (tertiary/aromatic N) is 1. The third-order valence-corrected chi connectivity index (χ3v) is 2.77. The molecule has 2 aromatic rings. The summed E-state index contributed by atoms with van der Waals surface area (Å²) in [5, 5.41) is 15.5. The zero-order chi connectivity index (χ0) is 15.2. The Labute approximate surface area is 125 Å². The number of halogens is 2. The topological polar surface area (TPSA) is 73.7 Å². The van der Waals surface area contributed by atoms with Crippen molar-refractivity contribution in [2.24, 2.45) is 5.10 Å². The van der Waals surface area contributed by atoms with Crippen LogP contribution in [0.25, 0.3) is 0 Å². The Kier molecular flexibility index (Phi) is 4.73. The first-order valence-electron chi connectivity index (χ1n) is 5.89. The number of hydrogen-bond acceptors (Lipinski definition) is 3. The monoisotopic (exact) mass is 307 g/mol. The molecule has 0 heterocycles. The van der Waals surface area contributed by atoms with Crippen molar-refractivity contribution in [1.82, 2.24) is 5.43 Å². The molecular weight excluding hydrogens is 297 g/mol. The van der Waals surface area contributed by atoms with Crippen LogP contribution in [0.4, 0.5) is 14.9 Å². The number of urea groups is 1. The first-order chi connectivity index (χ1) is 10.1. The average Bonchev–Trinajstić information content (AvgIpc) is 2.45. The number of amides is 2. The van der Waals surface area contributed by atoms with Crippen LogP contribution in [0, 0.1) is 5.82 Å². The van der Waals surface area contributed by atoms with Crippen molar-refractivity contribution in [3.05, 3.63) is 58.9 Å². The largest absolute Gasteiger partial charge is 0.507 e. The number of benzene rings is 2. The lowest BCUT2D eigenvalue weighted by molar-refractivity contribution is 0.252. The molecule has 0 spiro atoms. The van der Waals surface area contributed by atoms with E-state index >= 15 is 0 Å². The molecule has 7 heteroatoms. The van der Waals surface area contributed by atoms with Crippen LogP contribution < -0.4 is 10.7 Å². The molecule has 2 rings (SSSR count). The number of phenolic OH excluding ortho intramolecular Hbond substituents is 1. The van der Waals surface area contributed by atoms with Crippen molar-refractivity contribution in [1.29, 1.82) is 0 Å². The number of hydrogen-bond donors (Lipinski definition) is 3. The summed E-state index contributed by atoms with van der Waals surface area (Å²) < 4.78 is 13.0. The van der Waals surface area contributed by atoms with Gasteiger partial charge in [-0.05, 0) is 30.3 Å². The zero-order valence-electron chi connectivity index (χ0n) is 10.7. The summed E-state index contributed by atoms with van der Waals surface area (Å²) in [5.41, 5.74) is 3.00. The molecule has 5 nitrogen and oxygen atoms in total. The standard InChI is InChI=1S/C14H11ClFN3O2/c15-11-7-10(5-6-12(11)16)18-14(21)19-17-8-9-3-1-2-4-13(9)20/h1-8,20H,(H2,18,19,21)/b17-8+. The second-order valence-electron chi connectivity index (χ2n) is 4.01. The summed E-state index contributed by atoms with van der Waals surface area (Å²) >= 11 is 5.59. The van der Waals surface area contributed by atoms with Crippen molar-refractivity contribution in [2.45, 2.75) is 0 Å². The highest BCUT2D eigenvalue weighted by molar-refractivity contribution is 6.31. The summed E-state index contributed by atoms with van der Waals surface area (Å²) in [6, 6.07) is 9.71. The van der Waals surface area contributed by atoms with Crippen molar-refractivity contribution < 1.29 is 14.3 Å². The summed E-state index contributed by atoms with van der Waals surface area (Å²) in [6.07, 6.45) is 1.30. The van der Waals surface area contributed by atoms with Crippen LogP contribution in [0.5, 0.6) is 5.75 Å². The molecule has 21 heavy (non-hydrogen) atoms. The van der Waals surface area contributed by atoms with E-state index in [1.54, 1.807) is 18.2 Å². The van der Waals surface area contributed by atoms with Crippen LogP contribution in [0.2, 0.25) is 5.02 Å². The maximum Gasteiger partial charge on any atom is 0.339 e. The Balaban J connectivity index is 1.93. The highest BCUT2D eigenvalue weighted by atomic mass is 35.5. The molecule has 0 saturated carbocycles. The number of phenols is 1. The number of anilines is 1. The fourth-order valence-corrected chi connectivity index (χ4v) is 1.67. The molecule has 108 valence electrons. The van der Waals surface area contributed by atoms with E-state index < -0.39 is 11.8 Å². The lowest BCUT2D eigenvalue weighted by Crippen LogP contribution is -2.24. The number of para-hydroxylation sites is 1. The molecule has 0 aliphatic heterocycles. The second-order valence-corrected chi connectivity index (χ2v) is 4.42. The van der Waals surface area contributed by atoms with Gasteiger partial charge >= 0.3 is 6.03 Å². The smallest absolute Gasteiger partial charge is 0.339 e. The van der Waals surface area contributed by atoms with Gasteiger partial charge in [0.1, 0.15) is 11.6 Å². The fourth-order valence-electron chi connectivity index (χ4n) is 1.49. The number of nitrogens with one attached hydrogen (secondary N) is 2. The third kappa shape index (κ3) is 4.19. The molecule has 0 aromatic heterocycles. The van der Waals surface area contributed by atoms with Crippen molar-refractivity contribution in [3.63, 3.8) is 0 Å². The molecule has 0 saturated heterocycles. The molecule has 0 bridgehead atoms. The van der Waals surface area contributed by atoms with Gasteiger partial charge in [-0.25, -0.2) is 14.6 Å². The molecule has 3 N–H and O–H groups in total. The minimum Gasteiger partial charge on any atom is -0.507 e.